The first-order valence-electron chi connectivity index (χ1n) is 11.5. The number of ether oxygens (including phenoxy) is 3. The van der Waals surface area contributed by atoms with Gasteiger partial charge in [-0.1, -0.05) is 18.2 Å². The van der Waals surface area contributed by atoms with E-state index in [0.29, 0.717) is 25.6 Å². The molecule has 2 fully saturated rings. The highest BCUT2D eigenvalue weighted by Gasteiger charge is 2.15. The van der Waals surface area contributed by atoms with E-state index < -0.39 is 0 Å². The summed E-state index contributed by atoms with van der Waals surface area (Å²) >= 11 is 0. The minimum Gasteiger partial charge on any atom is -0.492 e. The predicted molar refractivity (Wildman–Crippen MR) is 130 cm³/mol. The molecule has 0 unspecified atom stereocenters. The normalized spacial score (nSPS) is 17.6. The monoisotopic (exact) mass is 450 g/mol. The Labute approximate surface area is 193 Å². The maximum Gasteiger partial charge on any atom is 0.152 e. The average molecular weight is 451 g/mol. The standard InChI is InChI=1S/C24H30N6O3/c1-2-4-22-21(3-1)19(17-25-22)18-26-28-23-15-20(33-14-7-29-5-10-31-11-6-29)16-24(27-23)30-8-12-32-13-9-30/h1-4,15-18,25H,5-14H2,(H,27,28)/b26-18+. The highest BCUT2D eigenvalue weighted by Crippen LogP contribution is 2.24. The molecule has 0 saturated carbocycles. The largest absolute Gasteiger partial charge is 0.492 e. The summed E-state index contributed by atoms with van der Waals surface area (Å²) in [5.41, 5.74) is 5.19. The lowest BCUT2D eigenvalue weighted by atomic mass is 10.2. The minimum absolute atomic E-state index is 0.616. The third kappa shape index (κ3) is 5.62. The summed E-state index contributed by atoms with van der Waals surface area (Å²) in [6, 6.07) is 12.1. The van der Waals surface area contributed by atoms with Crippen molar-refractivity contribution in [3.8, 4) is 5.75 Å². The van der Waals surface area contributed by atoms with Gasteiger partial charge in [-0.05, 0) is 6.07 Å². The van der Waals surface area contributed by atoms with Crippen molar-refractivity contribution in [1.29, 1.82) is 0 Å². The number of H-pyrrole nitrogens is 1. The van der Waals surface area contributed by atoms with Gasteiger partial charge in [-0.25, -0.2) is 4.98 Å². The molecule has 2 aliphatic heterocycles. The lowest BCUT2D eigenvalue weighted by molar-refractivity contribution is 0.0322. The minimum atomic E-state index is 0.616. The number of aromatic nitrogens is 2. The number of para-hydroxylation sites is 1. The molecule has 174 valence electrons. The van der Waals surface area contributed by atoms with Crippen molar-refractivity contribution in [1.82, 2.24) is 14.9 Å². The highest BCUT2D eigenvalue weighted by atomic mass is 16.5. The molecule has 33 heavy (non-hydrogen) atoms. The van der Waals surface area contributed by atoms with E-state index in [1.165, 1.54) is 0 Å². The van der Waals surface area contributed by atoms with E-state index in [9.17, 15) is 0 Å². The fourth-order valence-electron chi connectivity index (χ4n) is 4.07. The van der Waals surface area contributed by atoms with E-state index in [1.54, 1.807) is 6.21 Å². The zero-order valence-electron chi connectivity index (χ0n) is 18.7. The van der Waals surface area contributed by atoms with E-state index in [-0.39, 0.29) is 0 Å². The van der Waals surface area contributed by atoms with Gasteiger partial charge >= 0.3 is 0 Å². The average Bonchev–Trinajstić information content (AvgIpc) is 3.28. The van der Waals surface area contributed by atoms with E-state index in [4.69, 9.17) is 19.2 Å². The molecule has 4 heterocycles. The van der Waals surface area contributed by atoms with Crippen molar-refractivity contribution in [3.05, 3.63) is 48.2 Å². The van der Waals surface area contributed by atoms with Crippen molar-refractivity contribution < 1.29 is 14.2 Å². The quantitative estimate of drug-likeness (QED) is 0.403. The first kappa shape index (κ1) is 21.7. The number of rotatable bonds is 8. The smallest absolute Gasteiger partial charge is 0.152 e. The number of hydrogen-bond donors (Lipinski definition) is 2. The summed E-state index contributed by atoms with van der Waals surface area (Å²) in [4.78, 5) is 12.6. The van der Waals surface area contributed by atoms with Crippen LogP contribution >= 0.6 is 0 Å². The number of pyridine rings is 1. The third-order valence-corrected chi connectivity index (χ3v) is 5.90. The summed E-state index contributed by atoms with van der Waals surface area (Å²) < 4.78 is 17.0. The molecule has 3 aromatic rings. The molecule has 2 aliphatic rings. The number of benzene rings is 1. The fourth-order valence-corrected chi connectivity index (χ4v) is 4.07. The van der Waals surface area contributed by atoms with Gasteiger partial charge < -0.3 is 24.1 Å². The van der Waals surface area contributed by atoms with Crippen LogP contribution in [0.1, 0.15) is 5.56 Å². The van der Waals surface area contributed by atoms with Crippen molar-refractivity contribution in [3.63, 3.8) is 0 Å². The Kier molecular flexibility index (Phi) is 7.00. The van der Waals surface area contributed by atoms with Gasteiger partial charge in [0.1, 0.15) is 18.2 Å². The Bertz CT molecular complexity index is 1070. The van der Waals surface area contributed by atoms with Crippen LogP contribution in [0.5, 0.6) is 5.75 Å². The Balaban J connectivity index is 1.28. The molecule has 0 amide bonds. The number of fused-ring (bicyclic) bond motifs is 1. The molecule has 5 rings (SSSR count). The first-order chi connectivity index (χ1) is 16.3. The second-order valence-corrected chi connectivity index (χ2v) is 8.11. The van der Waals surface area contributed by atoms with Gasteiger partial charge in [0.15, 0.2) is 5.82 Å². The van der Waals surface area contributed by atoms with Crippen molar-refractivity contribution in [2.24, 2.45) is 5.10 Å². The van der Waals surface area contributed by atoms with Gasteiger partial charge in [0.25, 0.3) is 0 Å². The van der Waals surface area contributed by atoms with Gasteiger partial charge in [0, 0.05) is 67.5 Å². The van der Waals surface area contributed by atoms with Gasteiger partial charge in [-0.15, -0.1) is 0 Å². The number of hydrazone groups is 1. The first-order valence-corrected chi connectivity index (χ1v) is 11.5. The van der Waals surface area contributed by atoms with Crippen LogP contribution in [-0.4, -0.2) is 86.8 Å². The molecular formula is C24H30N6O3. The highest BCUT2D eigenvalue weighted by molar-refractivity contribution is 5.99. The Morgan fingerprint density at radius 1 is 1.06 bits per heavy atom. The number of morpholine rings is 2. The molecule has 0 aliphatic carbocycles. The summed E-state index contributed by atoms with van der Waals surface area (Å²) in [6.45, 7) is 7.99. The lowest BCUT2D eigenvalue weighted by Crippen LogP contribution is -2.38. The van der Waals surface area contributed by atoms with Crippen LogP contribution in [0.3, 0.4) is 0 Å². The van der Waals surface area contributed by atoms with Crippen LogP contribution in [0.4, 0.5) is 11.6 Å². The maximum absolute atomic E-state index is 6.11. The van der Waals surface area contributed by atoms with Crippen LogP contribution in [0.2, 0.25) is 0 Å². The number of nitrogens with one attached hydrogen (secondary N) is 2. The fraction of sp³-hybridized carbons (Fsp3) is 0.417. The molecule has 9 heteroatoms. The molecule has 9 nitrogen and oxygen atoms in total. The number of aromatic amines is 1. The Morgan fingerprint density at radius 3 is 2.70 bits per heavy atom. The summed E-state index contributed by atoms with van der Waals surface area (Å²) in [5, 5.41) is 5.57. The SMILES string of the molecule is C(=N\Nc1cc(OCCN2CCOCC2)cc(N2CCOCC2)n1)/c1c[nH]c2ccccc12. The van der Waals surface area contributed by atoms with Crippen molar-refractivity contribution in [2.45, 2.75) is 0 Å². The van der Waals surface area contributed by atoms with Crippen LogP contribution < -0.4 is 15.1 Å². The van der Waals surface area contributed by atoms with Gasteiger partial charge in [-0.2, -0.15) is 5.10 Å². The molecule has 2 N–H and O–H groups in total. The third-order valence-electron chi connectivity index (χ3n) is 5.90. The summed E-state index contributed by atoms with van der Waals surface area (Å²) in [7, 11) is 0. The second-order valence-electron chi connectivity index (χ2n) is 8.11. The van der Waals surface area contributed by atoms with Crippen molar-refractivity contribution >= 4 is 28.8 Å². The number of nitrogens with zero attached hydrogens (tertiary/aromatic N) is 4. The van der Waals surface area contributed by atoms with E-state index in [0.717, 1.165) is 74.0 Å². The molecule has 0 radical (unpaired) electrons. The molecule has 2 aromatic heterocycles. The molecule has 0 spiro atoms. The second kappa shape index (κ2) is 10.7. The van der Waals surface area contributed by atoms with Gasteiger partial charge in [0.2, 0.25) is 0 Å². The molecular weight excluding hydrogens is 420 g/mol. The Hall–Kier alpha value is -3.14. The topological polar surface area (TPSA) is 87.2 Å². The number of anilines is 2. The Morgan fingerprint density at radius 2 is 1.85 bits per heavy atom. The predicted octanol–water partition coefficient (Wildman–Crippen LogP) is 2.56. The van der Waals surface area contributed by atoms with Gasteiger partial charge in [-0.3, -0.25) is 10.3 Å². The summed E-state index contributed by atoms with van der Waals surface area (Å²) in [5.74, 6) is 2.30. The van der Waals surface area contributed by atoms with E-state index in [1.807, 2.05) is 36.5 Å². The molecule has 0 bridgehead atoms. The van der Waals surface area contributed by atoms with E-state index in [2.05, 4.69) is 31.4 Å². The molecule has 0 atom stereocenters. The summed E-state index contributed by atoms with van der Waals surface area (Å²) in [6.07, 6.45) is 3.76. The zero-order chi connectivity index (χ0) is 22.3. The van der Waals surface area contributed by atoms with Crippen LogP contribution in [-0.2, 0) is 9.47 Å². The zero-order valence-corrected chi connectivity index (χ0v) is 18.7. The number of hydrogen-bond acceptors (Lipinski definition) is 8. The van der Waals surface area contributed by atoms with Crippen LogP contribution in [0.15, 0.2) is 47.7 Å². The molecule has 1 aromatic carbocycles. The van der Waals surface area contributed by atoms with E-state index >= 15 is 0 Å². The van der Waals surface area contributed by atoms with Crippen LogP contribution in [0, 0.1) is 0 Å². The maximum atomic E-state index is 6.11. The van der Waals surface area contributed by atoms with Crippen LogP contribution in [0.25, 0.3) is 10.9 Å². The van der Waals surface area contributed by atoms with Gasteiger partial charge in [0.05, 0.1) is 32.6 Å². The lowest BCUT2D eigenvalue weighted by Gasteiger charge is -2.28. The molecule has 2 saturated heterocycles. The van der Waals surface area contributed by atoms with Crippen molar-refractivity contribution in [2.75, 3.05) is 76.1 Å².